The van der Waals surface area contributed by atoms with Crippen molar-refractivity contribution in [3.8, 4) is 22.5 Å². The quantitative estimate of drug-likeness (QED) is 0.353. The van der Waals surface area contributed by atoms with Gasteiger partial charge < -0.3 is 9.47 Å². The average molecular weight is 507 g/mol. The third kappa shape index (κ3) is 4.72. The van der Waals surface area contributed by atoms with Crippen LogP contribution in [0, 0.1) is 6.92 Å². The van der Waals surface area contributed by atoms with Crippen molar-refractivity contribution in [1.29, 1.82) is 0 Å². The summed E-state index contributed by atoms with van der Waals surface area (Å²) in [5, 5.41) is 15.5. The molecule has 8 heteroatoms. The van der Waals surface area contributed by atoms with E-state index in [9.17, 15) is 9.59 Å². The zero-order valence-electron chi connectivity index (χ0n) is 22.0. The van der Waals surface area contributed by atoms with E-state index in [1.807, 2.05) is 60.0 Å². The van der Waals surface area contributed by atoms with Gasteiger partial charge in [-0.2, -0.15) is 5.21 Å². The molecule has 192 valence electrons. The van der Waals surface area contributed by atoms with E-state index in [4.69, 9.17) is 0 Å². The Labute approximate surface area is 220 Å². The molecule has 38 heavy (non-hydrogen) atoms. The molecule has 0 spiro atoms. The number of aromatic nitrogens is 5. The third-order valence-electron chi connectivity index (χ3n) is 7.07. The van der Waals surface area contributed by atoms with Gasteiger partial charge in [0.1, 0.15) is 0 Å². The van der Waals surface area contributed by atoms with Crippen LogP contribution < -0.4 is 5.56 Å². The lowest BCUT2D eigenvalue weighted by Crippen LogP contribution is -2.31. The largest absolute Gasteiger partial charge is 0.349 e. The molecule has 0 aliphatic heterocycles. The third-order valence-corrected chi connectivity index (χ3v) is 7.07. The molecule has 0 saturated heterocycles. The summed E-state index contributed by atoms with van der Waals surface area (Å²) in [5.41, 5.74) is 7.23. The number of nitrogens with one attached hydrogen (secondary N) is 1. The molecule has 3 aromatic carbocycles. The average Bonchev–Trinajstić information content (AvgIpc) is 3.48. The van der Waals surface area contributed by atoms with Gasteiger partial charge in [0, 0.05) is 30.6 Å². The zero-order chi connectivity index (χ0) is 26.8. The highest BCUT2D eigenvalue weighted by molar-refractivity contribution is 5.87. The van der Waals surface area contributed by atoms with Crippen LogP contribution in [-0.4, -0.2) is 50.1 Å². The van der Waals surface area contributed by atoms with E-state index < -0.39 is 0 Å². The Kier molecular flexibility index (Phi) is 6.87. The summed E-state index contributed by atoms with van der Waals surface area (Å²) in [6.45, 7) is 4.44. The number of fused-ring (bicyclic) bond motifs is 1. The monoisotopic (exact) mass is 506 g/mol. The minimum atomic E-state index is -0.120. The molecular weight excluding hydrogens is 476 g/mol. The Hall–Kier alpha value is -4.59. The summed E-state index contributed by atoms with van der Waals surface area (Å²) in [6, 6.07) is 22.3. The fourth-order valence-corrected chi connectivity index (χ4v) is 4.79. The fraction of sp³-hybridized carbons (Fsp3) is 0.233. The summed E-state index contributed by atoms with van der Waals surface area (Å²) >= 11 is 0. The van der Waals surface area contributed by atoms with Crippen molar-refractivity contribution >= 4 is 16.8 Å². The predicted molar refractivity (Wildman–Crippen MR) is 149 cm³/mol. The Morgan fingerprint density at radius 2 is 1.68 bits per heavy atom. The van der Waals surface area contributed by atoms with E-state index >= 15 is 0 Å². The van der Waals surface area contributed by atoms with Crippen LogP contribution >= 0.6 is 0 Å². The molecule has 0 atom stereocenters. The van der Waals surface area contributed by atoms with Gasteiger partial charge in [-0.1, -0.05) is 67.6 Å². The second-order valence-corrected chi connectivity index (χ2v) is 9.64. The number of benzene rings is 3. The number of tetrazole rings is 1. The molecule has 5 rings (SSSR count). The number of hydrogen-bond acceptors (Lipinski definition) is 5. The van der Waals surface area contributed by atoms with Crippen molar-refractivity contribution < 1.29 is 4.79 Å². The first-order chi connectivity index (χ1) is 18.4. The second kappa shape index (κ2) is 10.4. The van der Waals surface area contributed by atoms with E-state index in [0.717, 1.165) is 50.7 Å². The molecule has 8 nitrogen and oxygen atoms in total. The summed E-state index contributed by atoms with van der Waals surface area (Å²) in [6.07, 6.45) is 0.952. The highest BCUT2D eigenvalue weighted by atomic mass is 16.2. The van der Waals surface area contributed by atoms with E-state index in [-0.39, 0.29) is 17.9 Å². The maximum atomic E-state index is 13.8. The number of H-pyrrole nitrogens is 1. The number of carbonyl (C=O) groups excluding carboxylic acids is 1. The lowest BCUT2D eigenvalue weighted by molar-refractivity contribution is -0.127. The van der Waals surface area contributed by atoms with Crippen LogP contribution in [-0.2, 0) is 24.2 Å². The van der Waals surface area contributed by atoms with Crippen LogP contribution in [0.2, 0.25) is 0 Å². The van der Waals surface area contributed by atoms with Gasteiger partial charge in [0.25, 0.3) is 5.56 Å². The SMILES string of the molecule is CCc1ccc2c(C)c(CC(=O)N(C)C)c(=O)n(Cc3ccc(-c4ccccc4-c4nn[nH]n4)cc3)c2c1. The van der Waals surface area contributed by atoms with Crippen molar-refractivity contribution in [2.75, 3.05) is 14.1 Å². The first-order valence-electron chi connectivity index (χ1n) is 12.6. The Morgan fingerprint density at radius 1 is 0.974 bits per heavy atom. The van der Waals surface area contributed by atoms with Gasteiger partial charge >= 0.3 is 0 Å². The highest BCUT2D eigenvalue weighted by Crippen LogP contribution is 2.30. The van der Waals surface area contributed by atoms with Crippen LogP contribution in [0.1, 0.15) is 29.2 Å². The number of hydrogen-bond donors (Lipinski definition) is 1. The van der Waals surface area contributed by atoms with Gasteiger partial charge in [0.15, 0.2) is 0 Å². The van der Waals surface area contributed by atoms with E-state index in [2.05, 4.69) is 45.7 Å². The van der Waals surface area contributed by atoms with E-state index in [1.165, 1.54) is 4.90 Å². The summed E-state index contributed by atoms with van der Waals surface area (Å²) in [7, 11) is 3.42. The minimum absolute atomic E-state index is 0.0783. The van der Waals surface area contributed by atoms with Crippen molar-refractivity contribution in [2.24, 2.45) is 0 Å². The number of amides is 1. The zero-order valence-corrected chi connectivity index (χ0v) is 22.0. The molecule has 1 amide bonds. The topological polar surface area (TPSA) is 96.8 Å². The molecule has 0 unspecified atom stereocenters. The Bertz CT molecular complexity index is 1670. The molecule has 0 saturated carbocycles. The number of aryl methyl sites for hydroxylation is 2. The molecule has 5 aromatic rings. The number of likely N-dealkylation sites (N-methyl/N-ethyl adjacent to an activating group) is 1. The molecular formula is C30H30N6O2. The summed E-state index contributed by atoms with van der Waals surface area (Å²) in [4.78, 5) is 27.9. The molecule has 2 aromatic heterocycles. The van der Waals surface area contributed by atoms with Crippen molar-refractivity contribution in [2.45, 2.75) is 33.2 Å². The second-order valence-electron chi connectivity index (χ2n) is 9.64. The molecule has 0 aliphatic rings. The van der Waals surface area contributed by atoms with E-state index in [0.29, 0.717) is 17.9 Å². The first-order valence-corrected chi connectivity index (χ1v) is 12.6. The number of aromatic amines is 1. The molecule has 0 bridgehead atoms. The Balaban J connectivity index is 1.57. The summed E-state index contributed by atoms with van der Waals surface area (Å²) < 4.78 is 1.81. The molecule has 0 aliphatic carbocycles. The predicted octanol–water partition coefficient (Wildman–Crippen LogP) is 4.40. The number of carbonyl (C=O) groups is 1. The Morgan fingerprint density at radius 3 is 2.34 bits per heavy atom. The molecule has 0 fully saturated rings. The number of nitrogens with zero attached hydrogens (tertiary/aromatic N) is 5. The van der Waals surface area contributed by atoms with Gasteiger partial charge in [-0.05, 0) is 52.4 Å². The highest BCUT2D eigenvalue weighted by Gasteiger charge is 2.18. The van der Waals surface area contributed by atoms with Crippen LogP contribution in [0.25, 0.3) is 33.4 Å². The van der Waals surface area contributed by atoms with Gasteiger partial charge in [-0.15, -0.1) is 10.2 Å². The maximum Gasteiger partial charge on any atom is 0.255 e. The molecule has 1 N–H and O–H groups in total. The van der Waals surface area contributed by atoms with Gasteiger partial charge in [0.05, 0.1) is 18.5 Å². The standard InChI is InChI=1S/C30H30N6O2/c1-5-20-12-15-23-19(2)26(17-28(37)35(3)4)30(38)36(27(23)16-20)18-21-10-13-22(14-11-21)24-8-6-7-9-25(24)29-31-33-34-32-29/h6-16H,5,17-18H2,1-4H3,(H,31,32,33,34). The van der Waals surface area contributed by atoms with Crippen LogP contribution in [0.5, 0.6) is 0 Å². The van der Waals surface area contributed by atoms with Crippen molar-refractivity contribution in [3.05, 3.63) is 99.3 Å². The molecule has 2 heterocycles. The van der Waals surface area contributed by atoms with Crippen molar-refractivity contribution in [3.63, 3.8) is 0 Å². The van der Waals surface area contributed by atoms with Crippen LogP contribution in [0.15, 0.2) is 71.5 Å². The van der Waals surface area contributed by atoms with Gasteiger partial charge in [0.2, 0.25) is 11.7 Å². The number of rotatable bonds is 7. The van der Waals surface area contributed by atoms with Crippen molar-refractivity contribution in [1.82, 2.24) is 30.1 Å². The van der Waals surface area contributed by atoms with Gasteiger partial charge in [-0.25, -0.2) is 0 Å². The maximum absolute atomic E-state index is 13.8. The smallest absolute Gasteiger partial charge is 0.255 e. The lowest BCUT2D eigenvalue weighted by atomic mass is 9.97. The van der Waals surface area contributed by atoms with Crippen LogP contribution in [0.3, 0.4) is 0 Å². The minimum Gasteiger partial charge on any atom is -0.349 e. The fourth-order valence-electron chi connectivity index (χ4n) is 4.79. The summed E-state index contributed by atoms with van der Waals surface area (Å²) in [5.74, 6) is 0.444. The first kappa shape index (κ1) is 25.1. The lowest BCUT2D eigenvalue weighted by Gasteiger charge is -2.18. The number of pyridine rings is 1. The van der Waals surface area contributed by atoms with E-state index in [1.54, 1.807) is 14.1 Å². The van der Waals surface area contributed by atoms with Gasteiger partial charge in [-0.3, -0.25) is 9.59 Å². The molecule has 0 radical (unpaired) electrons. The van der Waals surface area contributed by atoms with Crippen LogP contribution in [0.4, 0.5) is 0 Å². The normalized spacial score (nSPS) is 11.2.